The number of carbonyl (C=O) groups is 5. The van der Waals surface area contributed by atoms with Crippen molar-refractivity contribution in [1.29, 1.82) is 0 Å². The summed E-state index contributed by atoms with van der Waals surface area (Å²) in [6, 6.07) is 0. The summed E-state index contributed by atoms with van der Waals surface area (Å²) in [5.41, 5.74) is 0.620. The van der Waals surface area contributed by atoms with E-state index >= 15 is 0 Å². The Kier molecular flexibility index (Phi) is 15.3. The fourth-order valence-electron chi connectivity index (χ4n) is 6.70. The van der Waals surface area contributed by atoms with Gasteiger partial charge in [0, 0.05) is 36.1 Å². The molecule has 0 radical (unpaired) electrons. The second-order valence-electron chi connectivity index (χ2n) is 11.2. The number of ketones is 1. The van der Waals surface area contributed by atoms with E-state index in [9.17, 15) is 34.2 Å². The first-order chi connectivity index (χ1) is 17.9. The van der Waals surface area contributed by atoms with Crippen molar-refractivity contribution in [2.75, 3.05) is 6.61 Å². The molecule has 0 aromatic rings. The number of aliphatic carboxylic acids is 2. The van der Waals surface area contributed by atoms with Crippen molar-refractivity contribution < 1.29 is 125 Å². The molecule has 0 aromatic carbocycles. The van der Waals surface area contributed by atoms with Crippen LogP contribution < -0.4 is 91.2 Å². The Morgan fingerprint density at radius 2 is 1.73 bits per heavy atom. The van der Waals surface area contributed by atoms with Gasteiger partial charge in [0.05, 0.1) is 12.0 Å². The first-order valence-electron chi connectivity index (χ1n) is 13.2. The van der Waals surface area contributed by atoms with Crippen LogP contribution in [0.1, 0.15) is 78.1 Å². The zero-order valence-corrected chi connectivity index (χ0v) is 29.2. The molecule has 3 aliphatic rings. The van der Waals surface area contributed by atoms with Crippen molar-refractivity contribution in [2.24, 2.45) is 22.7 Å². The summed E-state index contributed by atoms with van der Waals surface area (Å²) in [6.45, 7) is 8.74. The van der Waals surface area contributed by atoms with E-state index in [-0.39, 0.29) is 142 Å². The number of carboxylic acid groups (broad SMARTS) is 2. The van der Waals surface area contributed by atoms with Gasteiger partial charge in [0.25, 0.3) is 0 Å². The van der Waals surface area contributed by atoms with Crippen LogP contribution in [0.15, 0.2) is 36.0 Å². The molecule has 0 N–H and O–H groups in total. The molecule has 40 heavy (non-hydrogen) atoms. The molecule has 0 spiro atoms. The number of carboxylic acids is 2. The van der Waals surface area contributed by atoms with Gasteiger partial charge in [0.2, 0.25) is 0 Å². The minimum Gasteiger partial charge on any atom is -0.550 e. The van der Waals surface area contributed by atoms with Gasteiger partial charge >= 0.3 is 92.9 Å². The Hall–Kier alpha value is -0.594. The normalized spacial score (nSPS) is 29.4. The molecule has 0 bridgehead atoms. The van der Waals surface area contributed by atoms with E-state index in [2.05, 4.69) is 13.5 Å². The second kappa shape index (κ2) is 16.3. The van der Waals surface area contributed by atoms with E-state index in [0.29, 0.717) is 24.8 Å². The van der Waals surface area contributed by atoms with Crippen LogP contribution in [-0.2, 0) is 33.4 Å². The third kappa shape index (κ3) is 9.20. The summed E-state index contributed by atoms with van der Waals surface area (Å²) in [5.74, 6) is -3.85. The third-order valence-corrected chi connectivity index (χ3v) is 8.76. The number of esters is 2. The second-order valence-corrected chi connectivity index (χ2v) is 11.2. The summed E-state index contributed by atoms with van der Waals surface area (Å²) in [6.07, 6.45) is 7.00. The number of hydrogen-bond acceptors (Lipinski definition) is 9. The predicted molar refractivity (Wildman–Crippen MR) is 132 cm³/mol. The van der Waals surface area contributed by atoms with Gasteiger partial charge in [-0.1, -0.05) is 38.2 Å². The van der Waals surface area contributed by atoms with Crippen LogP contribution >= 0.6 is 0 Å². The molecule has 1 heterocycles. The molecule has 2 fully saturated rings. The van der Waals surface area contributed by atoms with E-state index in [0.717, 1.165) is 18.4 Å². The quantitative estimate of drug-likeness (QED) is 0.125. The number of ether oxygens (including phenoxy) is 2. The van der Waals surface area contributed by atoms with Gasteiger partial charge in [0.15, 0.2) is 0 Å². The summed E-state index contributed by atoms with van der Waals surface area (Å²) in [7, 11) is 0. The molecule has 2 saturated carbocycles. The average Bonchev–Trinajstić information content (AvgIpc) is 3.26. The van der Waals surface area contributed by atoms with Crippen LogP contribution in [0.2, 0.25) is 0 Å². The molecule has 0 unspecified atom stereocenters. The predicted octanol–water partition coefficient (Wildman–Crippen LogP) is -4.26. The molecular formula is C29H36KNaO9. The molecule has 2 aliphatic carbocycles. The average molecular weight is 591 g/mol. The molecule has 3 rings (SSSR count). The first kappa shape index (κ1) is 37.4. The smallest absolute Gasteiger partial charge is 0.550 e. The zero-order valence-electron chi connectivity index (χ0n) is 24.1. The van der Waals surface area contributed by atoms with Crippen molar-refractivity contribution >= 4 is 29.7 Å². The number of hydrogen-bond donors (Lipinski definition) is 0. The van der Waals surface area contributed by atoms with Gasteiger partial charge in [-0.3, -0.25) is 9.59 Å². The van der Waals surface area contributed by atoms with E-state index in [1.54, 1.807) is 12.2 Å². The van der Waals surface area contributed by atoms with E-state index in [1.165, 1.54) is 0 Å². The van der Waals surface area contributed by atoms with Crippen molar-refractivity contribution in [3.63, 3.8) is 0 Å². The fourth-order valence-corrected chi connectivity index (χ4v) is 6.70. The van der Waals surface area contributed by atoms with E-state index < -0.39 is 35.8 Å². The number of carbonyl (C=O) groups excluding carboxylic acids is 5. The Morgan fingerprint density at radius 3 is 2.33 bits per heavy atom. The summed E-state index contributed by atoms with van der Waals surface area (Å²) < 4.78 is 10.8. The maximum atomic E-state index is 12.5. The molecule has 0 saturated heterocycles. The fraction of sp³-hybridized carbons (Fsp3) is 0.621. The number of allylic oxidation sites excluding steroid dienone is 2. The molecule has 1 aliphatic heterocycles. The Morgan fingerprint density at radius 1 is 1.07 bits per heavy atom. The van der Waals surface area contributed by atoms with Gasteiger partial charge in [-0.25, -0.2) is 4.79 Å². The number of fused-ring (bicyclic) bond motifs is 1. The molecule has 0 amide bonds. The van der Waals surface area contributed by atoms with Gasteiger partial charge in [-0.2, -0.15) is 0 Å². The zero-order chi connectivity index (χ0) is 28.1. The number of Topliss-reactive ketones (excluding diaryl/α,β-unsaturated/α-hetero) is 1. The van der Waals surface area contributed by atoms with E-state index in [4.69, 9.17) is 9.47 Å². The topological polar surface area (TPSA) is 150 Å². The van der Waals surface area contributed by atoms with Gasteiger partial charge in [0.1, 0.15) is 18.5 Å². The minimum atomic E-state index is -1.33. The van der Waals surface area contributed by atoms with Crippen molar-refractivity contribution in [3.8, 4) is 0 Å². The van der Waals surface area contributed by atoms with Gasteiger partial charge < -0.3 is 29.3 Å². The van der Waals surface area contributed by atoms with Crippen molar-refractivity contribution in [3.05, 3.63) is 36.0 Å². The molecule has 0 aromatic heterocycles. The van der Waals surface area contributed by atoms with Crippen LogP contribution in [0.25, 0.3) is 0 Å². The van der Waals surface area contributed by atoms with Crippen LogP contribution in [-0.4, -0.2) is 42.4 Å². The van der Waals surface area contributed by atoms with Crippen LogP contribution in [0.4, 0.5) is 0 Å². The maximum Gasteiger partial charge on any atom is 1.00 e. The van der Waals surface area contributed by atoms with Crippen molar-refractivity contribution in [2.45, 2.75) is 84.2 Å². The molecule has 5 atom stereocenters. The first-order valence-corrected chi connectivity index (χ1v) is 13.2. The molecule has 11 heteroatoms. The maximum absolute atomic E-state index is 12.5. The largest absolute Gasteiger partial charge is 1.00 e. The van der Waals surface area contributed by atoms with Crippen LogP contribution in [0.5, 0.6) is 0 Å². The van der Waals surface area contributed by atoms with Gasteiger partial charge in [-0.15, -0.1) is 0 Å². The molecule has 9 nitrogen and oxygen atoms in total. The monoisotopic (exact) mass is 590 g/mol. The van der Waals surface area contributed by atoms with E-state index in [1.807, 2.05) is 13.0 Å². The number of rotatable bonds is 12. The summed E-state index contributed by atoms with van der Waals surface area (Å²) >= 11 is 0. The Bertz CT molecular complexity index is 1070. The van der Waals surface area contributed by atoms with Crippen molar-refractivity contribution in [1.82, 2.24) is 0 Å². The molecular weight excluding hydrogens is 554 g/mol. The third-order valence-electron chi connectivity index (χ3n) is 8.76. The van der Waals surface area contributed by atoms with Gasteiger partial charge in [-0.05, 0) is 62.4 Å². The standard InChI is InChI=1S/C29H38O9.K.Na/c1-18-4-8-22-28(2,21(18)7-5-19-14-17-37-27(19)36)16-13-23(38-26(35)11-10-25(33)34)29(22,3)15-12-20(30)6-9-24(31)32;;/h5,7,14,21-23H,1,4,6,8-13,15-17H2,2-3H3,(H,31,32)(H,33,34);;/q;2*+1/p-2/b7-5+;;/t21-,22+,23-,28+,29+;;/m1../s1. The Labute approximate surface area is 300 Å². The number of cyclic esters (lactones) is 1. The minimum absolute atomic E-state index is 0. The molecule has 208 valence electrons. The van der Waals surface area contributed by atoms with Crippen LogP contribution in [0, 0.1) is 22.7 Å². The van der Waals surface area contributed by atoms with Crippen LogP contribution in [0.3, 0.4) is 0 Å². The SMILES string of the molecule is C=C1CC[C@@H]2[C@](C)(CCC(=O)CCC(=O)[O-])[C@H](OC(=O)CCC(=O)[O-])CC[C@@]2(C)[C@@H]1/C=C/C1=CCOC1=O.[K+].[Na+]. The summed E-state index contributed by atoms with van der Waals surface area (Å²) in [5, 5.41) is 21.6. The summed E-state index contributed by atoms with van der Waals surface area (Å²) in [4.78, 5) is 58.7. The Balaban J connectivity index is 0.00000400.